The number of rotatable bonds is 6. The summed E-state index contributed by atoms with van der Waals surface area (Å²) in [5, 5.41) is 0. The van der Waals surface area contributed by atoms with Crippen molar-refractivity contribution in [3.8, 4) is 5.75 Å². The topological polar surface area (TPSA) is 9.23 Å². The van der Waals surface area contributed by atoms with E-state index in [0.717, 1.165) is 18.4 Å². The van der Waals surface area contributed by atoms with Crippen molar-refractivity contribution >= 4 is 5.57 Å². The normalized spacial score (nSPS) is 22.9. The fourth-order valence-corrected chi connectivity index (χ4v) is 5.27. The van der Waals surface area contributed by atoms with E-state index in [1.165, 1.54) is 6.07 Å². The summed E-state index contributed by atoms with van der Waals surface area (Å²) in [5.74, 6) is -3.51. The molecule has 2 aromatic rings. The molecule has 0 N–H and O–H groups in total. The van der Waals surface area contributed by atoms with Crippen LogP contribution in [0.1, 0.15) is 62.1 Å². The van der Waals surface area contributed by atoms with Gasteiger partial charge in [0.25, 0.3) is 0 Å². The number of hydrogen-bond donors (Lipinski definition) is 0. The second kappa shape index (κ2) is 8.44. The van der Waals surface area contributed by atoms with Crippen LogP contribution in [0.3, 0.4) is 0 Å². The molecule has 30 heavy (non-hydrogen) atoms. The van der Waals surface area contributed by atoms with Crippen LogP contribution in [0.25, 0.3) is 5.57 Å². The number of halogens is 4. The van der Waals surface area contributed by atoms with Gasteiger partial charge in [-0.05, 0) is 79.2 Å². The summed E-state index contributed by atoms with van der Waals surface area (Å²) in [6, 6.07) is 6.42. The second-order valence-corrected chi connectivity index (χ2v) is 8.21. The van der Waals surface area contributed by atoms with E-state index in [1.807, 2.05) is 13.0 Å². The molecular formula is C25H26F4O. The van der Waals surface area contributed by atoms with Crippen LogP contribution in [0, 0.1) is 35.1 Å². The van der Waals surface area contributed by atoms with E-state index < -0.39 is 23.3 Å². The molecule has 0 amide bonds. The van der Waals surface area contributed by atoms with E-state index in [4.69, 9.17) is 4.74 Å². The lowest BCUT2D eigenvalue weighted by molar-refractivity contribution is 0.313. The fraction of sp³-hybridized carbons (Fsp3) is 0.440. The minimum absolute atomic E-state index is 0.0135. The average Bonchev–Trinajstić information content (AvgIpc) is 3.33. The summed E-state index contributed by atoms with van der Waals surface area (Å²) in [4.78, 5) is 0. The lowest BCUT2D eigenvalue weighted by atomic mass is 9.83. The highest BCUT2D eigenvalue weighted by molar-refractivity contribution is 5.71. The Morgan fingerprint density at radius 1 is 0.867 bits per heavy atom. The van der Waals surface area contributed by atoms with Gasteiger partial charge in [-0.2, -0.15) is 4.39 Å². The number of benzene rings is 2. The predicted octanol–water partition coefficient (Wildman–Crippen LogP) is 7.19. The van der Waals surface area contributed by atoms with Gasteiger partial charge in [0.15, 0.2) is 23.2 Å². The number of fused-ring (bicyclic) bond motifs is 1. The quantitative estimate of drug-likeness (QED) is 0.451. The first-order chi connectivity index (χ1) is 14.5. The van der Waals surface area contributed by atoms with Crippen LogP contribution >= 0.6 is 0 Å². The molecule has 1 saturated carbocycles. The molecule has 0 saturated heterocycles. The minimum Gasteiger partial charge on any atom is -0.491 e. The molecule has 2 aliphatic rings. The Kier molecular flexibility index (Phi) is 5.90. The Balaban J connectivity index is 1.60. The second-order valence-electron chi connectivity index (χ2n) is 8.21. The van der Waals surface area contributed by atoms with Crippen LogP contribution in [0.2, 0.25) is 0 Å². The molecule has 4 rings (SSSR count). The molecule has 0 bridgehead atoms. The smallest absolute Gasteiger partial charge is 0.201 e. The van der Waals surface area contributed by atoms with Crippen molar-refractivity contribution in [3.63, 3.8) is 0 Å². The van der Waals surface area contributed by atoms with Gasteiger partial charge < -0.3 is 4.74 Å². The molecule has 1 fully saturated rings. The molecule has 5 heteroatoms. The Bertz CT molecular complexity index is 982. The van der Waals surface area contributed by atoms with Crippen molar-refractivity contribution < 1.29 is 22.3 Å². The van der Waals surface area contributed by atoms with Crippen molar-refractivity contribution in [1.29, 1.82) is 0 Å². The molecular weight excluding hydrogens is 392 g/mol. The maximum atomic E-state index is 14.8. The lowest BCUT2D eigenvalue weighted by Crippen LogP contribution is -2.13. The molecule has 3 unspecified atom stereocenters. The molecule has 0 heterocycles. The third-order valence-corrected chi connectivity index (χ3v) is 6.60. The highest BCUT2D eigenvalue weighted by Crippen LogP contribution is 2.55. The first kappa shape index (κ1) is 21.0. The van der Waals surface area contributed by atoms with Gasteiger partial charge in [-0.1, -0.05) is 31.6 Å². The van der Waals surface area contributed by atoms with Crippen molar-refractivity contribution in [2.75, 3.05) is 6.61 Å². The maximum absolute atomic E-state index is 14.8. The van der Waals surface area contributed by atoms with Gasteiger partial charge in [0, 0.05) is 5.56 Å². The van der Waals surface area contributed by atoms with Crippen LogP contribution in [0.4, 0.5) is 17.6 Å². The van der Waals surface area contributed by atoms with E-state index in [-0.39, 0.29) is 35.7 Å². The Hall–Kier alpha value is -2.30. The van der Waals surface area contributed by atoms with E-state index in [1.54, 1.807) is 25.1 Å². The number of hydrogen-bond acceptors (Lipinski definition) is 1. The predicted molar refractivity (Wildman–Crippen MR) is 109 cm³/mol. The van der Waals surface area contributed by atoms with Gasteiger partial charge in [0.1, 0.15) is 0 Å². The number of ether oxygens (including phenoxy) is 1. The minimum atomic E-state index is -0.979. The molecule has 160 valence electrons. The van der Waals surface area contributed by atoms with Crippen LogP contribution < -0.4 is 4.74 Å². The van der Waals surface area contributed by atoms with Crippen LogP contribution in [0.15, 0.2) is 30.3 Å². The summed E-state index contributed by atoms with van der Waals surface area (Å²) in [5.41, 5.74) is 1.83. The van der Waals surface area contributed by atoms with E-state index in [9.17, 15) is 17.6 Å². The third kappa shape index (κ3) is 3.42. The average molecular weight is 418 g/mol. The van der Waals surface area contributed by atoms with Gasteiger partial charge >= 0.3 is 0 Å². The Morgan fingerprint density at radius 3 is 2.37 bits per heavy atom. The summed E-state index contributed by atoms with van der Waals surface area (Å²) in [6.45, 7) is 3.90. The summed E-state index contributed by atoms with van der Waals surface area (Å²) < 4.78 is 63.6. The third-order valence-electron chi connectivity index (χ3n) is 6.60. The van der Waals surface area contributed by atoms with Crippen LogP contribution in [-0.4, -0.2) is 6.61 Å². The van der Waals surface area contributed by atoms with Gasteiger partial charge in [0.2, 0.25) is 5.82 Å². The monoisotopic (exact) mass is 418 g/mol. The highest BCUT2D eigenvalue weighted by atomic mass is 19.2. The first-order valence-electron chi connectivity index (χ1n) is 10.8. The molecule has 1 nitrogen and oxygen atoms in total. The molecule has 0 aromatic heterocycles. The fourth-order valence-electron chi connectivity index (χ4n) is 5.27. The molecule has 3 atom stereocenters. The molecule has 0 aliphatic heterocycles. The van der Waals surface area contributed by atoms with Gasteiger partial charge in [-0.3, -0.25) is 0 Å². The van der Waals surface area contributed by atoms with Crippen molar-refractivity contribution in [2.45, 2.75) is 51.9 Å². The van der Waals surface area contributed by atoms with Gasteiger partial charge in [-0.15, -0.1) is 0 Å². The van der Waals surface area contributed by atoms with Crippen LogP contribution in [-0.2, 0) is 6.42 Å². The maximum Gasteiger partial charge on any atom is 0.201 e. The zero-order valence-corrected chi connectivity index (χ0v) is 17.3. The lowest BCUT2D eigenvalue weighted by Gasteiger charge is -2.22. The number of aryl methyl sites for hydroxylation is 1. The van der Waals surface area contributed by atoms with Crippen LogP contribution in [0.5, 0.6) is 5.75 Å². The Labute approximate surface area is 174 Å². The zero-order chi connectivity index (χ0) is 21.4. The summed E-state index contributed by atoms with van der Waals surface area (Å²) in [6.07, 6.45) is 5.29. The van der Waals surface area contributed by atoms with Gasteiger partial charge in [0.05, 0.1) is 6.61 Å². The van der Waals surface area contributed by atoms with Crippen molar-refractivity contribution in [3.05, 3.63) is 70.3 Å². The number of allylic oxidation sites excluding steroid dienone is 2. The molecule has 2 aliphatic carbocycles. The Morgan fingerprint density at radius 2 is 1.63 bits per heavy atom. The standard InChI is InChI=1S/C25H26F4O/c1-3-5-14-6-7-19(23(27)22(14)26)17-10-8-16-15(17)9-11-18(16)20-12-13-21(30-4-2)25(29)24(20)28/h6-7,11-13,15-17H,3-5,8-10H2,1-2H3. The molecule has 0 spiro atoms. The van der Waals surface area contributed by atoms with Crippen molar-refractivity contribution in [1.82, 2.24) is 0 Å². The highest BCUT2D eigenvalue weighted by Gasteiger charge is 2.43. The zero-order valence-electron chi connectivity index (χ0n) is 17.3. The van der Waals surface area contributed by atoms with Gasteiger partial charge in [-0.25, -0.2) is 13.2 Å². The SMILES string of the molecule is CCCc1ccc(C2CCC3C(c4ccc(OCC)c(F)c4F)=CCC32)c(F)c1F. The summed E-state index contributed by atoms with van der Waals surface area (Å²) in [7, 11) is 0. The van der Waals surface area contributed by atoms with E-state index in [2.05, 4.69) is 0 Å². The summed E-state index contributed by atoms with van der Waals surface area (Å²) >= 11 is 0. The van der Waals surface area contributed by atoms with E-state index >= 15 is 0 Å². The molecule has 2 aromatic carbocycles. The first-order valence-corrected chi connectivity index (χ1v) is 10.8. The van der Waals surface area contributed by atoms with Crippen molar-refractivity contribution in [2.24, 2.45) is 11.8 Å². The van der Waals surface area contributed by atoms with E-state index in [0.29, 0.717) is 30.4 Å². The largest absolute Gasteiger partial charge is 0.491 e. The molecule has 0 radical (unpaired) electrons.